The van der Waals surface area contributed by atoms with Crippen molar-refractivity contribution in [3.63, 3.8) is 0 Å². The van der Waals surface area contributed by atoms with E-state index in [-0.39, 0.29) is 12.9 Å². The van der Waals surface area contributed by atoms with Crippen LogP contribution in [0, 0.1) is 13.8 Å². The number of benzene rings is 5. The molecule has 0 fully saturated rings. The number of aryl methyl sites for hydroxylation is 2. The van der Waals surface area contributed by atoms with Crippen LogP contribution in [0.15, 0.2) is 139 Å². The van der Waals surface area contributed by atoms with Crippen molar-refractivity contribution < 1.29 is 4.65 Å². The fraction of sp³-hybridized carbons (Fsp3) is 0.0476. The summed E-state index contributed by atoms with van der Waals surface area (Å²) in [5.74, 6) is 0.966. The summed E-state index contributed by atoms with van der Waals surface area (Å²) in [6.45, 7) is 4.12. The number of aromatic nitrogens is 2. The smallest absolute Gasteiger partial charge is 0.431 e. The zero-order valence-electron chi connectivity index (χ0n) is 27.5. The van der Waals surface area contributed by atoms with Crippen molar-refractivity contribution >= 4 is 80.5 Å². The summed E-state index contributed by atoms with van der Waals surface area (Å²) in [6, 6.07) is 39.9. The van der Waals surface area contributed by atoms with Crippen LogP contribution in [0.5, 0.6) is 5.75 Å². The number of hydrogen-bond donors (Lipinski definition) is 0. The summed E-state index contributed by atoms with van der Waals surface area (Å²) < 4.78 is 7.05. The lowest BCUT2D eigenvalue weighted by atomic mass is 9.47. The van der Waals surface area contributed by atoms with Gasteiger partial charge in [-0.1, -0.05) is 54.6 Å². The van der Waals surface area contributed by atoms with E-state index in [2.05, 4.69) is 137 Å². The first-order chi connectivity index (χ1) is 24.6. The van der Waals surface area contributed by atoms with Gasteiger partial charge in [-0.15, -0.1) is 0 Å². The van der Waals surface area contributed by atoms with Crippen LogP contribution in [-0.2, 0) is 0 Å². The number of anilines is 6. The number of rotatable bonds is 2. The van der Waals surface area contributed by atoms with Gasteiger partial charge in [-0.3, -0.25) is 9.97 Å². The topological polar surface area (TPSA) is 41.5 Å². The molecular formula is C42H28B2N4OS. The van der Waals surface area contributed by atoms with Crippen LogP contribution in [0.25, 0.3) is 22.3 Å². The fourth-order valence-electron chi connectivity index (χ4n) is 8.50. The molecule has 6 heterocycles. The Morgan fingerprint density at radius 2 is 1.16 bits per heavy atom. The largest absolute Gasteiger partial charge is 0.551 e. The van der Waals surface area contributed by atoms with Crippen molar-refractivity contribution in [1.29, 1.82) is 0 Å². The number of pyridine rings is 2. The van der Waals surface area contributed by atoms with Crippen LogP contribution < -0.4 is 36.3 Å². The zero-order chi connectivity index (χ0) is 33.1. The van der Waals surface area contributed by atoms with Gasteiger partial charge < -0.3 is 14.5 Å². The lowest BCUT2D eigenvalue weighted by molar-refractivity contribution is 0.589. The minimum Gasteiger partial charge on any atom is -0.551 e. The van der Waals surface area contributed by atoms with E-state index in [1.807, 2.05) is 42.5 Å². The first-order valence-electron chi connectivity index (χ1n) is 17.0. The molecule has 8 heteroatoms. The Bertz CT molecular complexity index is 2390. The summed E-state index contributed by atoms with van der Waals surface area (Å²) in [7, 11) is 0. The summed E-state index contributed by atoms with van der Waals surface area (Å²) in [5, 5.41) is 0. The number of fused-ring (bicyclic) bond motifs is 8. The summed E-state index contributed by atoms with van der Waals surface area (Å²) >= 11 is 1.93. The molecule has 5 nitrogen and oxygen atoms in total. The SMILES string of the molecule is Cc1cc2c3c(c1)N(c1ccccc1)c1cc4c(cc1B3Oc1ccncc1-2)B1Sc2ccncc2-c2cc(C)cc(c21)N4c1ccccc1. The van der Waals surface area contributed by atoms with E-state index in [4.69, 9.17) is 4.65 Å². The average molecular weight is 658 g/mol. The predicted octanol–water partition coefficient (Wildman–Crippen LogP) is 7.70. The van der Waals surface area contributed by atoms with E-state index in [0.29, 0.717) is 0 Å². The Labute approximate surface area is 295 Å². The second-order valence-electron chi connectivity index (χ2n) is 13.5. The standard InChI is InChI=1S/C42H28B2N4OS/c1-25-17-29-31-23-45-15-13-39(31)49-43-33-21-34-36(22-35(33)47(37(19-25)41(29)43)27-9-5-3-6-10-27)48(28-11-7-4-8-12-28)38-20-26(2)18-30-32-24-46-16-14-40(32)50-44(34)42(30)38/h3-24H,1-2H3. The Morgan fingerprint density at radius 1 is 0.560 bits per heavy atom. The normalized spacial score (nSPS) is 14.1. The second-order valence-corrected chi connectivity index (χ2v) is 14.7. The third-order valence-corrected chi connectivity index (χ3v) is 11.8. The van der Waals surface area contributed by atoms with Gasteiger partial charge >= 0.3 is 6.92 Å². The maximum absolute atomic E-state index is 7.05. The summed E-state index contributed by atoms with van der Waals surface area (Å²) in [6.07, 6.45) is 7.72. The van der Waals surface area contributed by atoms with E-state index >= 15 is 0 Å². The molecular weight excluding hydrogens is 630 g/mol. The van der Waals surface area contributed by atoms with Crippen molar-refractivity contribution in [3.05, 3.63) is 145 Å². The quantitative estimate of drug-likeness (QED) is 0.178. The van der Waals surface area contributed by atoms with Gasteiger partial charge in [0.1, 0.15) is 5.75 Å². The lowest BCUT2D eigenvalue weighted by Gasteiger charge is -2.44. The van der Waals surface area contributed by atoms with E-state index in [1.54, 1.807) is 0 Å². The third kappa shape index (κ3) is 3.88. The molecule has 0 bridgehead atoms. The molecule has 5 aromatic carbocycles. The molecule has 0 N–H and O–H groups in total. The van der Waals surface area contributed by atoms with Crippen molar-refractivity contribution in [2.75, 3.05) is 9.80 Å². The highest BCUT2D eigenvalue weighted by molar-refractivity contribution is 8.28. The van der Waals surface area contributed by atoms with Gasteiger partial charge in [0, 0.05) is 80.4 Å². The molecule has 0 atom stereocenters. The van der Waals surface area contributed by atoms with Crippen LogP contribution in [-0.4, -0.2) is 22.9 Å². The Kier molecular flexibility index (Phi) is 5.85. The highest BCUT2D eigenvalue weighted by Gasteiger charge is 2.47. The van der Waals surface area contributed by atoms with E-state index in [1.165, 1.54) is 65.9 Å². The van der Waals surface area contributed by atoms with Crippen LogP contribution >= 0.6 is 11.6 Å². The molecule has 0 saturated carbocycles. The number of para-hydroxylation sites is 2. The molecule has 4 aliphatic rings. The Balaban J connectivity index is 1.24. The van der Waals surface area contributed by atoms with Crippen molar-refractivity contribution in [2.45, 2.75) is 18.7 Å². The molecule has 7 aromatic rings. The minimum absolute atomic E-state index is 0.0971. The van der Waals surface area contributed by atoms with Crippen molar-refractivity contribution in [3.8, 4) is 28.0 Å². The van der Waals surface area contributed by atoms with Gasteiger partial charge in [-0.05, 0) is 107 Å². The van der Waals surface area contributed by atoms with Crippen LogP contribution in [0.4, 0.5) is 34.1 Å². The Morgan fingerprint density at radius 3 is 1.86 bits per heavy atom. The molecule has 50 heavy (non-hydrogen) atoms. The van der Waals surface area contributed by atoms with E-state index in [0.717, 1.165) is 34.1 Å². The molecule has 0 radical (unpaired) electrons. The summed E-state index contributed by atoms with van der Waals surface area (Å²) in [4.78, 5) is 15.3. The lowest BCUT2D eigenvalue weighted by Crippen LogP contribution is -2.59. The molecule has 2 aromatic heterocycles. The van der Waals surface area contributed by atoms with Crippen molar-refractivity contribution in [1.82, 2.24) is 9.97 Å². The first kappa shape index (κ1) is 28.2. The number of hydrogen-bond acceptors (Lipinski definition) is 6. The van der Waals surface area contributed by atoms with Gasteiger partial charge in [0.25, 0.3) is 5.99 Å². The molecule has 0 spiro atoms. The van der Waals surface area contributed by atoms with Crippen LogP contribution in [0.1, 0.15) is 11.1 Å². The second kappa shape index (κ2) is 10.4. The third-order valence-electron chi connectivity index (χ3n) is 10.5. The fourth-order valence-corrected chi connectivity index (χ4v) is 9.86. The Hall–Kier alpha value is -5.72. The maximum atomic E-state index is 7.05. The van der Waals surface area contributed by atoms with Gasteiger partial charge in [0.05, 0.1) is 0 Å². The maximum Gasteiger partial charge on any atom is 0.431 e. The van der Waals surface area contributed by atoms with Gasteiger partial charge in [0.15, 0.2) is 0 Å². The van der Waals surface area contributed by atoms with Gasteiger partial charge in [-0.2, -0.15) is 11.6 Å². The highest BCUT2D eigenvalue weighted by atomic mass is 32.2. The van der Waals surface area contributed by atoms with Crippen LogP contribution in [0.2, 0.25) is 0 Å². The van der Waals surface area contributed by atoms with Gasteiger partial charge in [-0.25, -0.2) is 0 Å². The molecule has 0 saturated heterocycles. The van der Waals surface area contributed by atoms with Crippen molar-refractivity contribution in [2.24, 2.45) is 0 Å². The minimum atomic E-state index is -0.273. The molecule has 0 unspecified atom stereocenters. The summed E-state index contributed by atoms with van der Waals surface area (Å²) in [5.41, 5.74) is 19.0. The zero-order valence-corrected chi connectivity index (χ0v) is 28.3. The molecule has 11 rings (SSSR count). The van der Waals surface area contributed by atoms with Gasteiger partial charge in [0.2, 0.25) is 0 Å². The predicted molar refractivity (Wildman–Crippen MR) is 208 cm³/mol. The number of nitrogens with zero attached hydrogens (tertiary/aromatic N) is 4. The molecule has 0 amide bonds. The first-order valence-corrected chi connectivity index (χ1v) is 17.9. The monoisotopic (exact) mass is 658 g/mol. The average Bonchev–Trinajstić information content (AvgIpc) is 3.15. The van der Waals surface area contributed by atoms with E-state index in [9.17, 15) is 0 Å². The molecule has 234 valence electrons. The molecule has 4 aliphatic heterocycles. The van der Waals surface area contributed by atoms with E-state index < -0.39 is 0 Å². The molecule has 0 aliphatic carbocycles. The van der Waals surface area contributed by atoms with Crippen LogP contribution in [0.3, 0.4) is 0 Å². The highest BCUT2D eigenvalue weighted by Crippen LogP contribution is 2.49.